The van der Waals surface area contributed by atoms with Crippen LogP contribution < -0.4 is 5.32 Å². The summed E-state index contributed by atoms with van der Waals surface area (Å²) < 4.78 is 2.18. The van der Waals surface area contributed by atoms with Gasteiger partial charge in [-0.3, -0.25) is 4.90 Å². The molecule has 1 saturated heterocycles. The molecule has 5 rings (SSSR count). The molecule has 0 bridgehead atoms. The minimum atomic E-state index is 0.405. The van der Waals surface area contributed by atoms with Crippen molar-refractivity contribution >= 4 is 5.65 Å². The molecular formula is C26H25N5. The number of nitriles is 1. The van der Waals surface area contributed by atoms with E-state index in [2.05, 4.69) is 75.4 Å². The topological polar surface area (TPSA) is 56.4 Å². The summed E-state index contributed by atoms with van der Waals surface area (Å²) in [5, 5.41) is 12.6. The number of nitrogens with zero attached hydrogens (tertiary/aromatic N) is 4. The number of fused-ring (bicyclic) bond motifs is 1. The van der Waals surface area contributed by atoms with Gasteiger partial charge in [-0.25, -0.2) is 4.98 Å². The lowest BCUT2D eigenvalue weighted by Crippen LogP contribution is -2.43. The number of rotatable bonds is 5. The average molecular weight is 408 g/mol. The maximum atomic E-state index is 9.14. The lowest BCUT2D eigenvalue weighted by molar-refractivity contribution is 0.230. The van der Waals surface area contributed by atoms with Gasteiger partial charge in [0.1, 0.15) is 5.65 Å². The van der Waals surface area contributed by atoms with E-state index in [4.69, 9.17) is 10.2 Å². The zero-order valence-electron chi connectivity index (χ0n) is 17.5. The SMILES string of the molecule is N#CCc1ccc2nc(-c3ccc(-c4ccccc4)cc3)c(CN3CCNCC3)n2c1. The molecule has 0 amide bonds. The first kappa shape index (κ1) is 19.5. The van der Waals surface area contributed by atoms with Crippen molar-refractivity contribution in [2.24, 2.45) is 0 Å². The van der Waals surface area contributed by atoms with Crippen LogP contribution >= 0.6 is 0 Å². The predicted octanol–water partition coefficient (Wildman–Crippen LogP) is 4.14. The standard InChI is InChI=1S/C26H25N5/c27-13-12-20-6-11-25-29-26(24(31(25)18-20)19-30-16-14-28-15-17-30)23-9-7-22(8-10-23)21-4-2-1-3-5-21/h1-11,18,28H,12,14-17,19H2. The summed E-state index contributed by atoms with van der Waals surface area (Å²) >= 11 is 0. The van der Waals surface area contributed by atoms with Crippen molar-refractivity contribution in [3.63, 3.8) is 0 Å². The molecule has 154 valence electrons. The second-order valence-electron chi connectivity index (χ2n) is 7.98. The van der Waals surface area contributed by atoms with Gasteiger partial charge >= 0.3 is 0 Å². The minimum absolute atomic E-state index is 0.405. The molecule has 1 fully saturated rings. The quantitative estimate of drug-likeness (QED) is 0.540. The molecule has 0 aliphatic carbocycles. The van der Waals surface area contributed by atoms with Gasteiger partial charge in [-0.15, -0.1) is 0 Å². The largest absolute Gasteiger partial charge is 0.314 e. The van der Waals surface area contributed by atoms with Gasteiger partial charge in [0.2, 0.25) is 0 Å². The first-order chi connectivity index (χ1) is 15.3. The third kappa shape index (κ3) is 4.09. The molecule has 5 nitrogen and oxygen atoms in total. The summed E-state index contributed by atoms with van der Waals surface area (Å²) in [6.45, 7) is 4.92. The molecule has 1 N–H and O–H groups in total. The number of piperazine rings is 1. The first-order valence-electron chi connectivity index (χ1n) is 10.8. The Kier molecular flexibility index (Phi) is 5.49. The van der Waals surface area contributed by atoms with Crippen LogP contribution in [-0.4, -0.2) is 40.5 Å². The molecule has 1 aliphatic heterocycles. The summed E-state index contributed by atoms with van der Waals surface area (Å²) in [7, 11) is 0. The number of nitrogens with one attached hydrogen (secondary N) is 1. The Morgan fingerprint density at radius 2 is 1.58 bits per heavy atom. The molecule has 5 heteroatoms. The van der Waals surface area contributed by atoms with E-state index in [9.17, 15) is 0 Å². The van der Waals surface area contributed by atoms with Crippen LogP contribution in [0.25, 0.3) is 28.0 Å². The highest BCUT2D eigenvalue weighted by Gasteiger charge is 2.19. The first-order valence-corrected chi connectivity index (χ1v) is 10.8. The minimum Gasteiger partial charge on any atom is -0.314 e. The molecule has 0 saturated carbocycles. The van der Waals surface area contributed by atoms with Gasteiger partial charge in [0.15, 0.2) is 0 Å². The molecule has 4 aromatic rings. The Morgan fingerprint density at radius 1 is 0.871 bits per heavy atom. The summed E-state index contributed by atoms with van der Waals surface area (Å²) in [6.07, 6.45) is 2.48. The summed E-state index contributed by atoms with van der Waals surface area (Å²) in [4.78, 5) is 7.46. The summed E-state index contributed by atoms with van der Waals surface area (Å²) in [5.74, 6) is 0. The maximum Gasteiger partial charge on any atom is 0.137 e. The Balaban J connectivity index is 1.56. The molecule has 0 unspecified atom stereocenters. The van der Waals surface area contributed by atoms with E-state index in [-0.39, 0.29) is 0 Å². The fourth-order valence-corrected chi connectivity index (χ4v) is 4.25. The highest BCUT2D eigenvalue weighted by molar-refractivity contribution is 5.71. The van der Waals surface area contributed by atoms with Crippen LogP contribution in [0.1, 0.15) is 11.3 Å². The molecule has 0 radical (unpaired) electrons. The molecule has 3 heterocycles. The zero-order valence-corrected chi connectivity index (χ0v) is 17.5. The van der Waals surface area contributed by atoms with Gasteiger partial charge in [0.25, 0.3) is 0 Å². The highest BCUT2D eigenvalue weighted by Crippen LogP contribution is 2.29. The van der Waals surface area contributed by atoms with Crippen LogP contribution in [0.15, 0.2) is 72.9 Å². The third-order valence-corrected chi connectivity index (χ3v) is 5.91. The number of pyridine rings is 1. The Morgan fingerprint density at radius 3 is 2.32 bits per heavy atom. The Labute approximate surface area is 182 Å². The van der Waals surface area contributed by atoms with Crippen molar-refractivity contribution in [1.82, 2.24) is 19.6 Å². The van der Waals surface area contributed by atoms with Crippen molar-refractivity contribution < 1.29 is 0 Å². The molecule has 0 spiro atoms. The van der Waals surface area contributed by atoms with Crippen molar-refractivity contribution in [1.29, 1.82) is 5.26 Å². The molecular weight excluding hydrogens is 382 g/mol. The van der Waals surface area contributed by atoms with E-state index in [1.807, 2.05) is 18.2 Å². The monoisotopic (exact) mass is 407 g/mol. The van der Waals surface area contributed by atoms with E-state index in [0.717, 1.165) is 55.2 Å². The Bertz CT molecular complexity index is 1210. The fourth-order valence-electron chi connectivity index (χ4n) is 4.25. The van der Waals surface area contributed by atoms with Crippen LogP contribution in [-0.2, 0) is 13.0 Å². The molecule has 0 atom stereocenters. The molecule has 31 heavy (non-hydrogen) atoms. The van der Waals surface area contributed by atoms with Crippen LogP contribution in [0.3, 0.4) is 0 Å². The van der Waals surface area contributed by atoms with Crippen molar-refractivity contribution in [2.45, 2.75) is 13.0 Å². The third-order valence-electron chi connectivity index (χ3n) is 5.91. The lowest BCUT2D eigenvalue weighted by atomic mass is 10.0. The second kappa shape index (κ2) is 8.73. The normalized spacial score (nSPS) is 14.5. The number of benzene rings is 2. The van der Waals surface area contributed by atoms with Crippen molar-refractivity contribution in [2.75, 3.05) is 26.2 Å². The number of aromatic nitrogens is 2. The molecule has 1 aliphatic rings. The average Bonchev–Trinajstić information content (AvgIpc) is 3.18. The van der Waals surface area contributed by atoms with E-state index in [0.29, 0.717) is 6.42 Å². The summed E-state index contributed by atoms with van der Waals surface area (Å²) in [5.41, 5.74) is 7.68. The van der Waals surface area contributed by atoms with Crippen LogP contribution in [0.4, 0.5) is 0 Å². The zero-order chi connectivity index (χ0) is 21.0. The van der Waals surface area contributed by atoms with Crippen LogP contribution in [0.5, 0.6) is 0 Å². The van der Waals surface area contributed by atoms with E-state index in [1.165, 1.54) is 16.8 Å². The lowest BCUT2D eigenvalue weighted by Gasteiger charge is -2.27. The van der Waals surface area contributed by atoms with Crippen LogP contribution in [0.2, 0.25) is 0 Å². The maximum absolute atomic E-state index is 9.14. The van der Waals surface area contributed by atoms with Crippen LogP contribution in [0, 0.1) is 11.3 Å². The molecule has 2 aromatic heterocycles. The van der Waals surface area contributed by atoms with E-state index < -0.39 is 0 Å². The second-order valence-corrected chi connectivity index (χ2v) is 7.98. The van der Waals surface area contributed by atoms with Crippen molar-refractivity contribution in [3.8, 4) is 28.5 Å². The predicted molar refractivity (Wildman–Crippen MR) is 124 cm³/mol. The van der Waals surface area contributed by atoms with Gasteiger partial charge in [-0.2, -0.15) is 5.26 Å². The summed E-state index contributed by atoms with van der Waals surface area (Å²) in [6, 6.07) is 25.4. The van der Waals surface area contributed by atoms with Gasteiger partial charge < -0.3 is 9.72 Å². The molecule has 2 aromatic carbocycles. The van der Waals surface area contributed by atoms with Gasteiger partial charge in [-0.1, -0.05) is 60.7 Å². The van der Waals surface area contributed by atoms with Crippen molar-refractivity contribution in [3.05, 3.63) is 84.2 Å². The van der Waals surface area contributed by atoms with E-state index in [1.54, 1.807) is 0 Å². The van der Waals surface area contributed by atoms with Gasteiger partial charge in [-0.05, 0) is 22.8 Å². The number of hydrogen-bond donors (Lipinski definition) is 1. The van der Waals surface area contributed by atoms with E-state index >= 15 is 0 Å². The smallest absolute Gasteiger partial charge is 0.137 e. The fraction of sp³-hybridized carbons (Fsp3) is 0.231. The Hall–Kier alpha value is -3.46. The highest BCUT2D eigenvalue weighted by atomic mass is 15.2. The number of imidazole rings is 1. The van der Waals surface area contributed by atoms with Gasteiger partial charge in [0.05, 0.1) is 23.9 Å². The number of hydrogen-bond acceptors (Lipinski definition) is 4. The van der Waals surface area contributed by atoms with Gasteiger partial charge in [0, 0.05) is 44.5 Å².